The van der Waals surface area contributed by atoms with Gasteiger partial charge >= 0.3 is 0 Å². The Balaban J connectivity index is 2.94. The molecular formula is C12H22N2OS. The van der Waals surface area contributed by atoms with Crippen LogP contribution < -0.4 is 5.73 Å². The number of rotatable bonds is 6. The molecule has 0 aliphatic carbocycles. The van der Waals surface area contributed by atoms with Gasteiger partial charge in [-0.15, -0.1) is 11.3 Å². The molecule has 4 heteroatoms. The van der Waals surface area contributed by atoms with Crippen LogP contribution in [-0.4, -0.2) is 35.7 Å². The molecule has 0 aliphatic heterocycles. The highest BCUT2D eigenvalue weighted by Gasteiger charge is 2.24. The number of nitrogens with zero attached hydrogens (tertiary/aromatic N) is 1. The molecule has 1 aromatic heterocycles. The molecule has 3 N–H and O–H groups in total. The van der Waals surface area contributed by atoms with Crippen molar-refractivity contribution in [2.75, 3.05) is 19.7 Å². The molecule has 0 saturated heterocycles. The van der Waals surface area contributed by atoms with Crippen LogP contribution in [0.25, 0.3) is 0 Å². The number of hydrogen-bond acceptors (Lipinski definition) is 4. The average Bonchev–Trinajstić information content (AvgIpc) is 2.63. The van der Waals surface area contributed by atoms with Gasteiger partial charge in [0.15, 0.2) is 0 Å². The fraction of sp³-hybridized carbons (Fsp3) is 0.667. The maximum atomic E-state index is 9.09. The molecule has 1 heterocycles. The Morgan fingerprint density at radius 3 is 2.62 bits per heavy atom. The fourth-order valence-electron chi connectivity index (χ4n) is 2.05. The summed E-state index contributed by atoms with van der Waals surface area (Å²) >= 11 is 1.75. The number of likely N-dealkylation sites (N-methyl/N-ethyl adjacent to an activating group) is 1. The number of aliphatic hydroxyl groups is 1. The Kier molecular flexibility index (Phi) is 5.41. The van der Waals surface area contributed by atoms with Crippen molar-refractivity contribution in [3.8, 4) is 0 Å². The lowest BCUT2D eigenvalue weighted by atomic mass is 10.0. The van der Waals surface area contributed by atoms with E-state index < -0.39 is 0 Å². The average molecular weight is 242 g/mol. The molecule has 0 saturated carbocycles. The SMILES string of the molecule is CCN(CCO)C(c1sccc1C)C(C)N. The fourth-order valence-corrected chi connectivity index (χ4v) is 3.22. The second-order valence-electron chi connectivity index (χ2n) is 4.12. The number of nitrogens with two attached hydrogens (primary N) is 1. The Morgan fingerprint density at radius 2 is 2.25 bits per heavy atom. The quantitative estimate of drug-likeness (QED) is 0.799. The number of aliphatic hydroxyl groups excluding tert-OH is 1. The van der Waals surface area contributed by atoms with E-state index >= 15 is 0 Å². The lowest BCUT2D eigenvalue weighted by molar-refractivity contribution is 0.145. The molecule has 92 valence electrons. The lowest BCUT2D eigenvalue weighted by Gasteiger charge is -2.32. The molecule has 0 bridgehead atoms. The van der Waals surface area contributed by atoms with Gasteiger partial charge < -0.3 is 10.8 Å². The van der Waals surface area contributed by atoms with Crippen LogP contribution in [0.1, 0.15) is 30.3 Å². The largest absolute Gasteiger partial charge is 0.395 e. The van der Waals surface area contributed by atoms with Gasteiger partial charge in [0.1, 0.15) is 0 Å². The van der Waals surface area contributed by atoms with Crippen LogP contribution in [-0.2, 0) is 0 Å². The first-order valence-corrected chi connectivity index (χ1v) is 6.64. The van der Waals surface area contributed by atoms with Crippen molar-refractivity contribution in [2.45, 2.75) is 32.9 Å². The van der Waals surface area contributed by atoms with E-state index in [0.29, 0.717) is 6.54 Å². The highest BCUT2D eigenvalue weighted by atomic mass is 32.1. The van der Waals surface area contributed by atoms with E-state index in [-0.39, 0.29) is 18.7 Å². The van der Waals surface area contributed by atoms with Gasteiger partial charge in [0.2, 0.25) is 0 Å². The third-order valence-corrected chi connectivity index (χ3v) is 3.94. The number of hydrogen-bond donors (Lipinski definition) is 2. The van der Waals surface area contributed by atoms with Crippen molar-refractivity contribution in [2.24, 2.45) is 5.73 Å². The number of aryl methyl sites for hydroxylation is 1. The minimum Gasteiger partial charge on any atom is -0.395 e. The van der Waals surface area contributed by atoms with Crippen LogP contribution in [0.4, 0.5) is 0 Å². The smallest absolute Gasteiger partial charge is 0.0594 e. The molecule has 0 radical (unpaired) electrons. The minimum absolute atomic E-state index is 0.0730. The first-order valence-electron chi connectivity index (χ1n) is 5.76. The minimum atomic E-state index is 0.0730. The summed E-state index contributed by atoms with van der Waals surface area (Å²) in [5.74, 6) is 0. The standard InChI is InChI=1S/C12H22N2OS/c1-4-14(6-7-15)11(10(3)13)12-9(2)5-8-16-12/h5,8,10-11,15H,4,6-7,13H2,1-3H3. The second-order valence-corrected chi connectivity index (χ2v) is 5.07. The van der Waals surface area contributed by atoms with Crippen LogP contribution >= 0.6 is 11.3 Å². The summed E-state index contributed by atoms with van der Waals surface area (Å²) in [6.07, 6.45) is 0. The van der Waals surface area contributed by atoms with E-state index in [0.717, 1.165) is 6.54 Å². The molecule has 0 aromatic carbocycles. The van der Waals surface area contributed by atoms with E-state index in [1.165, 1.54) is 10.4 Å². The third-order valence-electron chi connectivity index (χ3n) is 2.86. The van der Waals surface area contributed by atoms with Gasteiger partial charge in [-0.1, -0.05) is 6.92 Å². The van der Waals surface area contributed by atoms with Gasteiger partial charge in [-0.25, -0.2) is 0 Å². The van der Waals surface area contributed by atoms with E-state index in [1.807, 2.05) is 6.92 Å². The summed E-state index contributed by atoms with van der Waals surface area (Å²) < 4.78 is 0. The van der Waals surface area contributed by atoms with Gasteiger partial charge in [-0.3, -0.25) is 4.90 Å². The van der Waals surface area contributed by atoms with Gasteiger partial charge in [-0.05, 0) is 37.4 Å². The molecule has 0 amide bonds. The van der Waals surface area contributed by atoms with Crippen LogP contribution in [0.2, 0.25) is 0 Å². The molecular weight excluding hydrogens is 220 g/mol. The first-order chi connectivity index (χ1) is 7.61. The molecule has 2 atom stereocenters. The Hall–Kier alpha value is -0.420. The van der Waals surface area contributed by atoms with Crippen molar-refractivity contribution < 1.29 is 5.11 Å². The molecule has 0 fully saturated rings. The van der Waals surface area contributed by atoms with Gasteiger partial charge in [0, 0.05) is 17.5 Å². The maximum Gasteiger partial charge on any atom is 0.0594 e. The van der Waals surface area contributed by atoms with Gasteiger partial charge in [0.25, 0.3) is 0 Å². The van der Waals surface area contributed by atoms with Crippen LogP contribution in [0.3, 0.4) is 0 Å². The second kappa shape index (κ2) is 6.35. The van der Waals surface area contributed by atoms with E-state index in [2.05, 4.69) is 30.2 Å². The number of thiophene rings is 1. The first kappa shape index (κ1) is 13.6. The highest BCUT2D eigenvalue weighted by molar-refractivity contribution is 7.10. The summed E-state index contributed by atoms with van der Waals surface area (Å²) in [6.45, 7) is 8.03. The van der Waals surface area contributed by atoms with E-state index in [4.69, 9.17) is 10.8 Å². The van der Waals surface area contributed by atoms with Crippen LogP contribution in [0, 0.1) is 6.92 Å². The van der Waals surface area contributed by atoms with Crippen molar-refractivity contribution in [1.82, 2.24) is 4.90 Å². The molecule has 16 heavy (non-hydrogen) atoms. The van der Waals surface area contributed by atoms with Crippen LogP contribution in [0.15, 0.2) is 11.4 Å². The topological polar surface area (TPSA) is 49.5 Å². The zero-order valence-corrected chi connectivity index (χ0v) is 11.1. The molecule has 0 aliphatic rings. The summed E-state index contributed by atoms with van der Waals surface area (Å²) in [7, 11) is 0. The molecule has 3 nitrogen and oxygen atoms in total. The Morgan fingerprint density at radius 1 is 1.56 bits per heavy atom. The zero-order chi connectivity index (χ0) is 12.1. The zero-order valence-electron chi connectivity index (χ0n) is 10.3. The summed E-state index contributed by atoms with van der Waals surface area (Å²) in [5.41, 5.74) is 7.38. The molecule has 0 spiro atoms. The van der Waals surface area contributed by atoms with Gasteiger partial charge in [0.05, 0.1) is 12.6 Å². The monoisotopic (exact) mass is 242 g/mol. The molecule has 1 rings (SSSR count). The summed E-state index contributed by atoms with van der Waals surface area (Å²) in [4.78, 5) is 3.56. The Labute approximate surface area is 102 Å². The van der Waals surface area contributed by atoms with E-state index in [1.54, 1.807) is 11.3 Å². The van der Waals surface area contributed by atoms with Crippen LogP contribution in [0.5, 0.6) is 0 Å². The van der Waals surface area contributed by atoms with Crippen molar-refractivity contribution in [1.29, 1.82) is 0 Å². The van der Waals surface area contributed by atoms with Crippen molar-refractivity contribution in [3.05, 3.63) is 21.9 Å². The normalized spacial score (nSPS) is 15.4. The van der Waals surface area contributed by atoms with Crippen molar-refractivity contribution >= 4 is 11.3 Å². The predicted octanol–water partition coefficient (Wildman–Crippen LogP) is 1.76. The predicted molar refractivity (Wildman–Crippen MR) is 69.8 cm³/mol. The maximum absolute atomic E-state index is 9.09. The van der Waals surface area contributed by atoms with Gasteiger partial charge in [-0.2, -0.15) is 0 Å². The summed E-state index contributed by atoms with van der Waals surface area (Å²) in [5, 5.41) is 11.2. The highest BCUT2D eigenvalue weighted by Crippen LogP contribution is 2.30. The summed E-state index contributed by atoms with van der Waals surface area (Å²) in [6, 6.07) is 2.42. The lowest BCUT2D eigenvalue weighted by Crippen LogP contribution is -2.40. The third kappa shape index (κ3) is 3.04. The molecule has 2 unspecified atom stereocenters. The van der Waals surface area contributed by atoms with E-state index in [9.17, 15) is 0 Å². The van der Waals surface area contributed by atoms with Crippen molar-refractivity contribution in [3.63, 3.8) is 0 Å². The Bertz CT molecular complexity index is 312. The molecule has 1 aromatic rings.